The van der Waals surface area contributed by atoms with Gasteiger partial charge in [0.25, 0.3) is 5.56 Å². The summed E-state index contributed by atoms with van der Waals surface area (Å²) in [5.41, 5.74) is 6.37. The Morgan fingerprint density at radius 1 is 1.42 bits per heavy atom. The van der Waals surface area contributed by atoms with E-state index in [1.807, 2.05) is 6.92 Å². The third-order valence-corrected chi connectivity index (χ3v) is 3.80. The maximum atomic E-state index is 12.0. The second-order valence-corrected chi connectivity index (χ2v) is 5.28. The fraction of sp³-hybridized carbons (Fsp3) is 0.692. The molecule has 106 valence electrons. The van der Waals surface area contributed by atoms with Gasteiger partial charge in [0.05, 0.1) is 11.6 Å². The van der Waals surface area contributed by atoms with Gasteiger partial charge < -0.3 is 15.6 Å². The Morgan fingerprint density at radius 2 is 2.16 bits per heavy atom. The first-order valence-electron chi connectivity index (χ1n) is 6.80. The number of hydrogen-bond acceptors (Lipinski definition) is 5. The molecule has 1 aliphatic rings. The zero-order chi connectivity index (χ0) is 14.0. The lowest BCUT2D eigenvalue weighted by molar-refractivity contribution is 0.219. The third kappa shape index (κ3) is 2.96. The van der Waals surface area contributed by atoms with Crippen LogP contribution in [-0.2, 0) is 6.42 Å². The fourth-order valence-corrected chi connectivity index (χ4v) is 2.60. The minimum Gasteiger partial charge on any atom is -0.383 e. The largest absolute Gasteiger partial charge is 0.383 e. The number of nitrogens with one attached hydrogen (secondary N) is 1. The summed E-state index contributed by atoms with van der Waals surface area (Å²) in [6.45, 7) is 4.82. The topological polar surface area (TPSA) is 78.2 Å². The van der Waals surface area contributed by atoms with Crippen LogP contribution < -0.4 is 11.3 Å². The van der Waals surface area contributed by atoms with Crippen molar-refractivity contribution in [2.45, 2.75) is 25.8 Å². The summed E-state index contributed by atoms with van der Waals surface area (Å²) >= 11 is 0. The maximum Gasteiger partial charge on any atom is 0.256 e. The van der Waals surface area contributed by atoms with Gasteiger partial charge in [-0.1, -0.05) is 6.92 Å². The second kappa shape index (κ2) is 5.71. The van der Waals surface area contributed by atoms with Gasteiger partial charge in [-0.3, -0.25) is 9.69 Å². The summed E-state index contributed by atoms with van der Waals surface area (Å²) in [6.07, 6.45) is 1.73. The van der Waals surface area contributed by atoms with E-state index in [2.05, 4.69) is 33.9 Å². The molecule has 0 aliphatic carbocycles. The number of likely N-dealkylation sites (N-methyl/N-ethyl adjacent to an activating group) is 2. The van der Waals surface area contributed by atoms with E-state index in [1.165, 1.54) is 0 Å². The van der Waals surface area contributed by atoms with Crippen molar-refractivity contribution in [3.63, 3.8) is 0 Å². The predicted molar refractivity (Wildman–Crippen MR) is 76.1 cm³/mol. The number of nitrogen functional groups attached to an aromatic ring is 1. The number of hydrogen-bond donors (Lipinski definition) is 2. The number of nitrogens with zero attached hydrogens (tertiary/aromatic N) is 3. The van der Waals surface area contributed by atoms with Gasteiger partial charge in [0.2, 0.25) is 0 Å². The van der Waals surface area contributed by atoms with Crippen LogP contribution >= 0.6 is 0 Å². The Hall–Kier alpha value is -1.40. The predicted octanol–water partition coefficient (Wildman–Crippen LogP) is 0.223. The molecule has 1 fully saturated rings. The lowest BCUT2D eigenvalue weighted by Crippen LogP contribution is -2.34. The smallest absolute Gasteiger partial charge is 0.256 e. The van der Waals surface area contributed by atoms with E-state index in [-0.39, 0.29) is 11.6 Å². The van der Waals surface area contributed by atoms with Crippen LogP contribution in [0.25, 0.3) is 0 Å². The number of rotatable bonds is 2. The van der Waals surface area contributed by atoms with Gasteiger partial charge in [-0.15, -0.1) is 0 Å². The third-order valence-electron chi connectivity index (χ3n) is 3.80. The minimum absolute atomic E-state index is 0.0911. The van der Waals surface area contributed by atoms with E-state index in [1.54, 1.807) is 0 Å². The Kier molecular flexibility index (Phi) is 4.21. The minimum atomic E-state index is -0.106. The molecule has 0 bridgehead atoms. The van der Waals surface area contributed by atoms with Crippen molar-refractivity contribution in [3.8, 4) is 0 Å². The second-order valence-electron chi connectivity index (χ2n) is 5.28. The summed E-state index contributed by atoms with van der Waals surface area (Å²) in [4.78, 5) is 23.8. The molecule has 1 aliphatic heterocycles. The van der Waals surface area contributed by atoms with Crippen LogP contribution in [0.15, 0.2) is 4.79 Å². The van der Waals surface area contributed by atoms with Gasteiger partial charge in [-0.2, -0.15) is 0 Å². The van der Waals surface area contributed by atoms with Gasteiger partial charge in [0, 0.05) is 6.54 Å². The molecular weight excluding hydrogens is 242 g/mol. The van der Waals surface area contributed by atoms with E-state index in [0.717, 1.165) is 26.1 Å². The molecule has 0 saturated carbocycles. The summed E-state index contributed by atoms with van der Waals surface area (Å²) < 4.78 is 0. The molecule has 1 unspecified atom stereocenters. The van der Waals surface area contributed by atoms with Crippen molar-refractivity contribution in [1.29, 1.82) is 0 Å². The molecule has 0 aromatic carbocycles. The first kappa shape index (κ1) is 14.0. The Labute approximate surface area is 113 Å². The van der Waals surface area contributed by atoms with E-state index in [4.69, 9.17) is 5.73 Å². The molecule has 0 amide bonds. The zero-order valence-electron chi connectivity index (χ0n) is 11.9. The van der Waals surface area contributed by atoms with Crippen molar-refractivity contribution in [3.05, 3.63) is 21.7 Å². The van der Waals surface area contributed by atoms with Gasteiger partial charge in [0.1, 0.15) is 11.6 Å². The maximum absolute atomic E-state index is 12.0. The van der Waals surface area contributed by atoms with Crippen LogP contribution in [0.3, 0.4) is 0 Å². The lowest BCUT2D eigenvalue weighted by atomic mass is 10.2. The van der Waals surface area contributed by atoms with Gasteiger partial charge >= 0.3 is 0 Å². The lowest BCUT2D eigenvalue weighted by Gasteiger charge is -2.26. The standard InChI is InChI=1S/C13H23N5O/c1-4-9-11(14)15-12(16-13(9)19)10-8-17(2)6-5-7-18(10)3/h10H,4-8H2,1-3H3,(H3,14,15,16,19). The van der Waals surface area contributed by atoms with E-state index in [0.29, 0.717) is 23.6 Å². The Bertz CT molecular complexity index is 498. The van der Waals surface area contributed by atoms with Crippen LogP contribution in [0.5, 0.6) is 0 Å². The fourth-order valence-electron chi connectivity index (χ4n) is 2.60. The van der Waals surface area contributed by atoms with Crippen LogP contribution in [0, 0.1) is 0 Å². The van der Waals surface area contributed by atoms with Gasteiger partial charge in [-0.25, -0.2) is 4.98 Å². The summed E-state index contributed by atoms with van der Waals surface area (Å²) in [5, 5.41) is 0. The molecule has 0 radical (unpaired) electrons. The average Bonchev–Trinajstić information content (AvgIpc) is 2.51. The average molecular weight is 265 g/mol. The number of aromatic nitrogens is 2. The molecule has 1 atom stereocenters. The number of aromatic amines is 1. The van der Waals surface area contributed by atoms with Crippen LogP contribution in [-0.4, -0.2) is 53.5 Å². The zero-order valence-corrected chi connectivity index (χ0v) is 11.9. The van der Waals surface area contributed by atoms with Gasteiger partial charge in [-0.05, 0) is 40.0 Å². The number of H-pyrrole nitrogens is 1. The Balaban J connectivity index is 2.37. The Morgan fingerprint density at radius 3 is 2.79 bits per heavy atom. The number of anilines is 1. The van der Waals surface area contributed by atoms with Crippen molar-refractivity contribution >= 4 is 5.82 Å². The first-order valence-corrected chi connectivity index (χ1v) is 6.80. The molecular formula is C13H23N5O. The highest BCUT2D eigenvalue weighted by Crippen LogP contribution is 2.20. The quantitative estimate of drug-likeness (QED) is 0.800. The van der Waals surface area contributed by atoms with Crippen LogP contribution in [0.1, 0.15) is 30.8 Å². The molecule has 6 heteroatoms. The SMILES string of the molecule is CCc1c(N)nc(C2CN(C)CCCN2C)[nH]c1=O. The van der Waals surface area contributed by atoms with Crippen molar-refractivity contribution in [2.24, 2.45) is 0 Å². The van der Waals surface area contributed by atoms with Crippen molar-refractivity contribution < 1.29 is 0 Å². The number of nitrogens with two attached hydrogens (primary N) is 1. The van der Waals surface area contributed by atoms with E-state index < -0.39 is 0 Å². The molecule has 0 spiro atoms. The highest BCUT2D eigenvalue weighted by molar-refractivity contribution is 5.37. The molecule has 19 heavy (non-hydrogen) atoms. The highest BCUT2D eigenvalue weighted by Gasteiger charge is 2.25. The molecule has 3 N–H and O–H groups in total. The molecule has 6 nitrogen and oxygen atoms in total. The first-order chi connectivity index (χ1) is 9.02. The highest BCUT2D eigenvalue weighted by atomic mass is 16.1. The molecule has 1 aromatic heterocycles. The summed E-state index contributed by atoms with van der Waals surface area (Å²) in [5.74, 6) is 1.04. The van der Waals surface area contributed by atoms with Gasteiger partial charge in [0.15, 0.2) is 0 Å². The molecule has 1 aromatic rings. The van der Waals surface area contributed by atoms with Crippen LogP contribution in [0.4, 0.5) is 5.82 Å². The van der Waals surface area contributed by atoms with Crippen molar-refractivity contribution in [2.75, 3.05) is 39.5 Å². The van der Waals surface area contributed by atoms with Crippen LogP contribution in [0.2, 0.25) is 0 Å². The molecule has 1 saturated heterocycles. The van der Waals surface area contributed by atoms with Crippen molar-refractivity contribution in [1.82, 2.24) is 19.8 Å². The van der Waals surface area contributed by atoms with E-state index in [9.17, 15) is 4.79 Å². The summed E-state index contributed by atoms with van der Waals surface area (Å²) in [6, 6.07) is 0.0911. The van der Waals surface area contributed by atoms with E-state index >= 15 is 0 Å². The molecule has 2 heterocycles. The summed E-state index contributed by atoms with van der Waals surface area (Å²) in [7, 11) is 4.15. The molecule has 2 rings (SSSR count). The normalized spacial score (nSPS) is 22.4. The monoisotopic (exact) mass is 265 g/mol.